The minimum Gasteiger partial charge on any atom is -0.494 e. The van der Waals surface area contributed by atoms with E-state index in [9.17, 15) is 13.2 Å². The number of nitrogens with one attached hydrogen (secondary N) is 1. The number of carbonyl (C=O) groups is 1. The number of hydrogen-bond donors (Lipinski definition) is 1. The van der Waals surface area contributed by atoms with Crippen molar-refractivity contribution in [1.29, 1.82) is 0 Å². The summed E-state index contributed by atoms with van der Waals surface area (Å²) in [6, 6.07) is 3.02. The predicted octanol–water partition coefficient (Wildman–Crippen LogP) is 1.36. The molecule has 0 saturated heterocycles. The standard InChI is InChI=1S/C13H19NO5S/c1-5-14-13-11(18-2)6-9(7-12(13)19-3)10(15)8-20(4,16)17/h6-7,14H,5,8H2,1-4H3. The van der Waals surface area contributed by atoms with Gasteiger partial charge in [0, 0.05) is 18.4 Å². The van der Waals surface area contributed by atoms with Gasteiger partial charge in [0.15, 0.2) is 15.6 Å². The summed E-state index contributed by atoms with van der Waals surface area (Å²) in [5.74, 6) is -0.168. The van der Waals surface area contributed by atoms with E-state index in [2.05, 4.69) is 5.32 Å². The molecule has 0 spiro atoms. The van der Waals surface area contributed by atoms with Crippen molar-refractivity contribution in [2.75, 3.05) is 38.1 Å². The monoisotopic (exact) mass is 301 g/mol. The van der Waals surface area contributed by atoms with Crippen LogP contribution in [-0.4, -0.2) is 47.0 Å². The molecule has 6 nitrogen and oxygen atoms in total. The number of methoxy groups -OCH3 is 2. The van der Waals surface area contributed by atoms with Gasteiger partial charge < -0.3 is 14.8 Å². The lowest BCUT2D eigenvalue weighted by atomic mass is 10.1. The fraction of sp³-hybridized carbons (Fsp3) is 0.462. The van der Waals surface area contributed by atoms with Crippen molar-refractivity contribution in [3.05, 3.63) is 17.7 Å². The third kappa shape index (κ3) is 4.12. The van der Waals surface area contributed by atoms with E-state index in [1.165, 1.54) is 26.4 Å². The average molecular weight is 301 g/mol. The molecule has 0 radical (unpaired) electrons. The molecule has 0 heterocycles. The van der Waals surface area contributed by atoms with E-state index in [0.717, 1.165) is 6.26 Å². The molecule has 1 aromatic carbocycles. The SMILES string of the molecule is CCNc1c(OC)cc(C(=O)CS(C)(=O)=O)cc1OC. The summed E-state index contributed by atoms with van der Waals surface area (Å²) < 4.78 is 32.8. The second kappa shape index (κ2) is 6.60. The fourth-order valence-electron chi connectivity index (χ4n) is 1.75. The number of carbonyl (C=O) groups excluding carboxylic acids is 1. The molecule has 0 aromatic heterocycles. The van der Waals surface area contributed by atoms with Crippen LogP contribution in [0.3, 0.4) is 0 Å². The zero-order chi connectivity index (χ0) is 15.3. The zero-order valence-electron chi connectivity index (χ0n) is 12.0. The summed E-state index contributed by atoms with van der Waals surface area (Å²) in [7, 11) is -0.432. The molecule has 0 aliphatic rings. The highest BCUT2D eigenvalue weighted by Gasteiger charge is 2.18. The van der Waals surface area contributed by atoms with Crippen molar-refractivity contribution < 1.29 is 22.7 Å². The zero-order valence-corrected chi connectivity index (χ0v) is 12.8. The molecule has 0 aliphatic carbocycles. The second-order valence-corrected chi connectivity index (χ2v) is 6.42. The van der Waals surface area contributed by atoms with Gasteiger partial charge in [-0.3, -0.25) is 4.79 Å². The first kappa shape index (κ1) is 16.3. The molecule has 0 bridgehead atoms. The number of Topliss-reactive ketones (excluding diaryl/α,β-unsaturated/α-hetero) is 1. The highest BCUT2D eigenvalue weighted by atomic mass is 32.2. The van der Waals surface area contributed by atoms with E-state index < -0.39 is 21.4 Å². The number of benzene rings is 1. The molecule has 7 heteroatoms. The lowest BCUT2D eigenvalue weighted by Gasteiger charge is -2.15. The van der Waals surface area contributed by atoms with Gasteiger partial charge in [0.05, 0.1) is 14.2 Å². The Morgan fingerprint density at radius 1 is 1.20 bits per heavy atom. The highest BCUT2D eigenvalue weighted by molar-refractivity contribution is 7.91. The van der Waals surface area contributed by atoms with E-state index in [1.54, 1.807) is 0 Å². The number of ether oxygens (including phenoxy) is 2. The van der Waals surface area contributed by atoms with Crippen LogP contribution < -0.4 is 14.8 Å². The predicted molar refractivity (Wildman–Crippen MR) is 77.8 cm³/mol. The van der Waals surface area contributed by atoms with Crippen molar-refractivity contribution >= 4 is 21.3 Å². The molecular weight excluding hydrogens is 282 g/mol. The van der Waals surface area contributed by atoms with E-state index >= 15 is 0 Å². The van der Waals surface area contributed by atoms with E-state index in [4.69, 9.17) is 9.47 Å². The summed E-state index contributed by atoms with van der Waals surface area (Å²) >= 11 is 0. The largest absolute Gasteiger partial charge is 0.494 e. The van der Waals surface area contributed by atoms with Gasteiger partial charge in [-0.1, -0.05) is 0 Å². The Hall–Kier alpha value is -1.76. The quantitative estimate of drug-likeness (QED) is 0.766. The third-order valence-electron chi connectivity index (χ3n) is 2.57. The molecule has 1 N–H and O–H groups in total. The van der Waals surface area contributed by atoms with Crippen LogP contribution in [0.4, 0.5) is 5.69 Å². The second-order valence-electron chi connectivity index (χ2n) is 4.28. The minimum absolute atomic E-state index is 0.241. The smallest absolute Gasteiger partial charge is 0.178 e. The first-order valence-corrected chi connectivity index (χ1v) is 8.09. The summed E-state index contributed by atoms with van der Waals surface area (Å²) in [5, 5.41) is 3.08. The topological polar surface area (TPSA) is 81.7 Å². The van der Waals surface area contributed by atoms with Crippen LogP contribution in [0.2, 0.25) is 0 Å². The third-order valence-corrected chi connectivity index (χ3v) is 3.36. The Kier molecular flexibility index (Phi) is 5.38. The van der Waals surface area contributed by atoms with Gasteiger partial charge >= 0.3 is 0 Å². The molecule has 0 aliphatic heterocycles. The summed E-state index contributed by atoms with van der Waals surface area (Å²) in [5.41, 5.74) is 0.874. The van der Waals surface area contributed by atoms with Crippen LogP contribution in [0.1, 0.15) is 17.3 Å². The van der Waals surface area contributed by atoms with Crippen molar-refractivity contribution in [3.63, 3.8) is 0 Å². The number of rotatable bonds is 7. The maximum atomic E-state index is 12.0. The average Bonchev–Trinajstić information content (AvgIpc) is 2.37. The molecule has 1 aromatic rings. The molecule has 112 valence electrons. The van der Waals surface area contributed by atoms with Crippen LogP contribution in [0.25, 0.3) is 0 Å². The minimum atomic E-state index is -3.38. The Morgan fingerprint density at radius 2 is 1.70 bits per heavy atom. The van der Waals surface area contributed by atoms with Crippen molar-refractivity contribution in [2.24, 2.45) is 0 Å². The van der Waals surface area contributed by atoms with Gasteiger partial charge in [-0.2, -0.15) is 0 Å². The molecule has 0 fully saturated rings. The normalized spacial score (nSPS) is 11.0. The van der Waals surface area contributed by atoms with Gasteiger partial charge in [-0.15, -0.1) is 0 Å². The van der Waals surface area contributed by atoms with Crippen molar-refractivity contribution in [3.8, 4) is 11.5 Å². The first-order chi connectivity index (χ1) is 9.32. The van der Waals surface area contributed by atoms with Crippen molar-refractivity contribution in [1.82, 2.24) is 0 Å². The van der Waals surface area contributed by atoms with E-state index in [-0.39, 0.29) is 5.56 Å². The summed E-state index contributed by atoms with van der Waals surface area (Å²) in [6.07, 6.45) is 1.02. The van der Waals surface area contributed by atoms with E-state index in [1.807, 2.05) is 6.92 Å². The van der Waals surface area contributed by atoms with Crippen LogP contribution >= 0.6 is 0 Å². The first-order valence-electron chi connectivity index (χ1n) is 6.03. The van der Waals surface area contributed by atoms with Crippen LogP contribution in [0.5, 0.6) is 11.5 Å². The Morgan fingerprint density at radius 3 is 2.05 bits per heavy atom. The summed E-state index contributed by atoms with van der Waals surface area (Å²) in [6.45, 7) is 2.57. The Labute approximate surface area is 119 Å². The van der Waals surface area contributed by atoms with Gasteiger partial charge in [-0.25, -0.2) is 8.42 Å². The van der Waals surface area contributed by atoms with Gasteiger partial charge in [-0.05, 0) is 19.1 Å². The van der Waals surface area contributed by atoms with E-state index in [0.29, 0.717) is 23.7 Å². The maximum Gasteiger partial charge on any atom is 0.178 e. The fourth-order valence-corrected chi connectivity index (χ4v) is 2.39. The summed E-state index contributed by atoms with van der Waals surface area (Å²) in [4.78, 5) is 12.0. The molecule has 20 heavy (non-hydrogen) atoms. The van der Waals surface area contributed by atoms with Crippen LogP contribution in [0.15, 0.2) is 12.1 Å². The molecular formula is C13H19NO5S. The highest BCUT2D eigenvalue weighted by Crippen LogP contribution is 2.36. The van der Waals surface area contributed by atoms with Gasteiger partial charge in [0.25, 0.3) is 0 Å². The number of ketones is 1. The van der Waals surface area contributed by atoms with Gasteiger partial charge in [0.2, 0.25) is 0 Å². The van der Waals surface area contributed by atoms with Crippen LogP contribution in [0, 0.1) is 0 Å². The molecule has 0 unspecified atom stereocenters. The van der Waals surface area contributed by atoms with Crippen LogP contribution in [-0.2, 0) is 9.84 Å². The maximum absolute atomic E-state index is 12.0. The number of hydrogen-bond acceptors (Lipinski definition) is 6. The number of sulfone groups is 1. The Bertz CT molecular complexity index is 570. The lowest BCUT2D eigenvalue weighted by molar-refractivity contribution is 0.102. The Balaban J connectivity index is 3.26. The molecule has 0 amide bonds. The molecule has 1 rings (SSSR count). The molecule has 0 atom stereocenters. The van der Waals surface area contributed by atoms with Gasteiger partial charge in [0.1, 0.15) is 22.9 Å². The van der Waals surface area contributed by atoms with Crippen molar-refractivity contribution in [2.45, 2.75) is 6.92 Å². The lowest BCUT2D eigenvalue weighted by Crippen LogP contribution is -2.15. The number of anilines is 1. The molecule has 0 saturated carbocycles.